The van der Waals surface area contributed by atoms with Crippen LogP contribution in [0.4, 0.5) is 0 Å². The number of para-hydroxylation sites is 1. The number of nitrogens with zero attached hydrogens (tertiary/aromatic N) is 2. The predicted octanol–water partition coefficient (Wildman–Crippen LogP) is 2.15. The Morgan fingerprint density at radius 2 is 2.32 bits per heavy atom. The molecule has 0 bridgehead atoms. The van der Waals surface area contributed by atoms with E-state index in [1.807, 2.05) is 36.5 Å². The number of aromatic nitrogens is 1. The SMILES string of the molecule is COc1cccc2c1OC[C@@]1(C(=O)O)CN(Cc3cccnc3)C[C@@H]21. The highest BCUT2D eigenvalue weighted by Gasteiger charge is 2.56. The molecule has 0 radical (unpaired) electrons. The molecule has 0 amide bonds. The van der Waals surface area contributed by atoms with E-state index in [9.17, 15) is 9.90 Å². The summed E-state index contributed by atoms with van der Waals surface area (Å²) in [6.07, 6.45) is 3.56. The van der Waals surface area contributed by atoms with Crippen LogP contribution in [0, 0.1) is 5.41 Å². The van der Waals surface area contributed by atoms with Crippen LogP contribution in [-0.2, 0) is 11.3 Å². The molecule has 0 saturated carbocycles. The minimum atomic E-state index is -0.929. The largest absolute Gasteiger partial charge is 0.493 e. The molecule has 0 unspecified atom stereocenters. The van der Waals surface area contributed by atoms with Gasteiger partial charge < -0.3 is 14.6 Å². The number of carboxylic acids is 1. The fourth-order valence-corrected chi connectivity index (χ4v) is 4.02. The van der Waals surface area contributed by atoms with Crippen LogP contribution in [0.2, 0.25) is 0 Å². The highest BCUT2D eigenvalue weighted by Crippen LogP contribution is 2.52. The highest BCUT2D eigenvalue weighted by molar-refractivity contribution is 5.79. The maximum atomic E-state index is 12.2. The molecule has 1 aromatic carbocycles. The van der Waals surface area contributed by atoms with Gasteiger partial charge in [-0.15, -0.1) is 0 Å². The Bertz CT molecular complexity index is 795. The Hall–Kier alpha value is -2.60. The molecule has 0 spiro atoms. The van der Waals surface area contributed by atoms with Crippen LogP contribution in [0.5, 0.6) is 11.5 Å². The van der Waals surface area contributed by atoms with Gasteiger partial charge in [0.1, 0.15) is 12.0 Å². The van der Waals surface area contributed by atoms with Gasteiger partial charge in [-0.25, -0.2) is 0 Å². The molecular formula is C19H20N2O4. The van der Waals surface area contributed by atoms with Crippen LogP contribution >= 0.6 is 0 Å². The van der Waals surface area contributed by atoms with Crippen molar-refractivity contribution in [3.63, 3.8) is 0 Å². The maximum Gasteiger partial charge on any atom is 0.315 e. The number of carbonyl (C=O) groups is 1. The molecule has 2 aromatic rings. The van der Waals surface area contributed by atoms with Crippen molar-refractivity contribution >= 4 is 5.97 Å². The number of carboxylic acid groups (broad SMARTS) is 1. The van der Waals surface area contributed by atoms with Gasteiger partial charge in [-0.2, -0.15) is 0 Å². The zero-order valence-corrected chi connectivity index (χ0v) is 14.0. The minimum Gasteiger partial charge on any atom is -0.493 e. The second kappa shape index (κ2) is 6.04. The lowest BCUT2D eigenvalue weighted by atomic mass is 9.73. The number of ether oxygens (including phenoxy) is 2. The summed E-state index contributed by atoms with van der Waals surface area (Å²) in [5.41, 5.74) is 1.07. The van der Waals surface area contributed by atoms with E-state index in [2.05, 4.69) is 9.88 Å². The van der Waals surface area contributed by atoms with Crippen molar-refractivity contribution in [2.75, 3.05) is 26.8 Å². The Morgan fingerprint density at radius 1 is 1.44 bits per heavy atom. The molecule has 3 heterocycles. The van der Waals surface area contributed by atoms with Crippen LogP contribution in [0.15, 0.2) is 42.7 Å². The van der Waals surface area contributed by atoms with Gasteiger partial charge in [0, 0.05) is 43.5 Å². The third-order valence-corrected chi connectivity index (χ3v) is 5.25. The van der Waals surface area contributed by atoms with E-state index in [4.69, 9.17) is 9.47 Å². The summed E-state index contributed by atoms with van der Waals surface area (Å²) >= 11 is 0. The first kappa shape index (κ1) is 15.9. The average molecular weight is 340 g/mol. The molecular weight excluding hydrogens is 320 g/mol. The number of pyridine rings is 1. The lowest BCUT2D eigenvalue weighted by Crippen LogP contribution is -2.45. The van der Waals surface area contributed by atoms with E-state index >= 15 is 0 Å². The van der Waals surface area contributed by atoms with E-state index in [0.717, 1.165) is 11.1 Å². The highest BCUT2D eigenvalue weighted by atomic mass is 16.5. The van der Waals surface area contributed by atoms with Crippen molar-refractivity contribution in [3.05, 3.63) is 53.9 Å². The molecule has 25 heavy (non-hydrogen) atoms. The lowest BCUT2D eigenvalue weighted by molar-refractivity contribution is -0.152. The summed E-state index contributed by atoms with van der Waals surface area (Å²) in [5.74, 6) is 0.400. The summed E-state index contributed by atoms with van der Waals surface area (Å²) in [5, 5.41) is 9.98. The molecule has 4 rings (SSSR count). The second-order valence-corrected chi connectivity index (χ2v) is 6.71. The van der Waals surface area contributed by atoms with Crippen LogP contribution in [0.1, 0.15) is 17.0 Å². The van der Waals surface area contributed by atoms with Gasteiger partial charge in [-0.1, -0.05) is 18.2 Å². The number of benzene rings is 1. The van der Waals surface area contributed by atoms with Crippen LogP contribution in [0.25, 0.3) is 0 Å². The summed E-state index contributed by atoms with van der Waals surface area (Å²) in [6, 6.07) is 9.59. The number of fused-ring (bicyclic) bond motifs is 3. The van der Waals surface area contributed by atoms with Crippen molar-refractivity contribution in [2.24, 2.45) is 5.41 Å². The summed E-state index contributed by atoms with van der Waals surface area (Å²) in [7, 11) is 1.60. The zero-order valence-electron chi connectivity index (χ0n) is 14.0. The van der Waals surface area contributed by atoms with Crippen LogP contribution in [0.3, 0.4) is 0 Å². The van der Waals surface area contributed by atoms with Crippen molar-refractivity contribution in [1.29, 1.82) is 0 Å². The number of likely N-dealkylation sites (tertiary alicyclic amines) is 1. The Morgan fingerprint density at radius 3 is 3.04 bits per heavy atom. The van der Waals surface area contributed by atoms with E-state index in [1.165, 1.54) is 0 Å². The topological polar surface area (TPSA) is 71.9 Å². The standard InChI is InChI=1S/C19H20N2O4/c1-24-16-6-2-5-14-15-10-21(9-13-4-3-7-20-8-13)11-19(15,18(22)23)12-25-17(14)16/h2-8,15H,9-12H2,1H3,(H,22,23)/t15-,19-/m0/s1. The first-order chi connectivity index (χ1) is 12.1. The van der Waals surface area contributed by atoms with Crippen LogP contribution < -0.4 is 9.47 Å². The first-order valence-corrected chi connectivity index (χ1v) is 8.28. The van der Waals surface area contributed by atoms with Crippen LogP contribution in [-0.4, -0.2) is 47.8 Å². The van der Waals surface area contributed by atoms with E-state index < -0.39 is 11.4 Å². The molecule has 2 atom stereocenters. The molecule has 1 fully saturated rings. The Labute approximate surface area is 146 Å². The molecule has 2 aliphatic heterocycles. The fraction of sp³-hybridized carbons (Fsp3) is 0.368. The second-order valence-electron chi connectivity index (χ2n) is 6.71. The lowest BCUT2D eigenvalue weighted by Gasteiger charge is -2.36. The van der Waals surface area contributed by atoms with Crippen molar-refractivity contribution in [3.8, 4) is 11.5 Å². The molecule has 2 aliphatic rings. The monoisotopic (exact) mass is 340 g/mol. The van der Waals surface area contributed by atoms with Crippen molar-refractivity contribution in [2.45, 2.75) is 12.5 Å². The molecule has 1 saturated heterocycles. The number of rotatable bonds is 4. The fourth-order valence-electron chi connectivity index (χ4n) is 4.02. The van der Waals surface area contributed by atoms with E-state index in [0.29, 0.717) is 31.1 Å². The first-order valence-electron chi connectivity index (χ1n) is 8.28. The molecule has 6 heteroatoms. The van der Waals surface area contributed by atoms with Gasteiger partial charge in [0.2, 0.25) is 0 Å². The van der Waals surface area contributed by atoms with Gasteiger partial charge >= 0.3 is 5.97 Å². The smallest absolute Gasteiger partial charge is 0.315 e. The summed E-state index contributed by atoms with van der Waals surface area (Å²) < 4.78 is 11.3. The third-order valence-electron chi connectivity index (χ3n) is 5.25. The van der Waals surface area contributed by atoms with Gasteiger partial charge in [-0.3, -0.25) is 14.7 Å². The zero-order chi connectivity index (χ0) is 17.4. The van der Waals surface area contributed by atoms with Gasteiger partial charge in [0.05, 0.1) is 7.11 Å². The Kier molecular flexibility index (Phi) is 3.84. The van der Waals surface area contributed by atoms with Gasteiger partial charge in [-0.05, 0) is 17.7 Å². The number of methoxy groups -OCH3 is 1. The van der Waals surface area contributed by atoms with Gasteiger partial charge in [0.15, 0.2) is 11.5 Å². The minimum absolute atomic E-state index is 0.125. The number of aliphatic carboxylic acids is 1. The van der Waals surface area contributed by atoms with Crippen molar-refractivity contribution < 1.29 is 19.4 Å². The normalized spacial score (nSPS) is 24.9. The predicted molar refractivity (Wildman–Crippen MR) is 90.8 cm³/mol. The van der Waals surface area contributed by atoms with E-state index in [-0.39, 0.29) is 12.5 Å². The molecule has 1 aromatic heterocycles. The average Bonchev–Trinajstić information content (AvgIpc) is 3.02. The molecule has 130 valence electrons. The molecule has 1 N–H and O–H groups in total. The third kappa shape index (κ3) is 2.53. The summed E-state index contributed by atoms with van der Waals surface area (Å²) in [6.45, 7) is 1.96. The quantitative estimate of drug-likeness (QED) is 0.919. The number of hydrogen-bond donors (Lipinski definition) is 1. The number of hydrogen-bond acceptors (Lipinski definition) is 5. The maximum absolute atomic E-state index is 12.2. The molecule has 0 aliphatic carbocycles. The summed E-state index contributed by atoms with van der Waals surface area (Å²) in [4.78, 5) is 18.5. The van der Waals surface area contributed by atoms with Gasteiger partial charge in [0.25, 0.3) is 0 Å². The molecule has 6 nitrogen and oxygen atoms in total. The Balaban J connectivity index is 1.69. The van der Waals surface area contributed by atoms with E-state index in [1.54, 1.807) is 13.3 Å². The van der Waals surface area contributed by atoms with Crippen molar-refractivity contribution in [1.82, 2.24) is 9.88 Å².